The van der Waals surface area contributed by atoms with Crippen LogP contribution in [-0.2, 0) is 6.42 Å². The van der Waals surface area contributed by atoms with E-state index in [1.165, 1.54) is 32.7 Å². The van der Waals surface area contributed by atoms with E-state index >= 15 is 0 Å². The van der Waals surface area contributed by atoms with Crippen LogP contribution in [0.4, 0.5) is 0 Å². The molecular weight excluding hydrogens is 292 g/mol. The van der Waals surface area contributed by atoms with Crippen molar-refractivity contribution in [2.75, 3.05) is 0 Å². The maximum atomic E-state index is 2.24. The van der Waals surface area contributed by atoms with Crippen LogP contribution in [0, 0.1) is 0 Å². The quantitative estimate of drug-likeness (QED) is 0.472. The predicted molar refractivity (Wildman–Crippen MR) is 99.2 cm³/mol. The van der Waals surface area contributed by atoms with Gasteiger partial charge in [0.2, 0.25) is 0 Å². The molecular formula is C21H18Ca. The van der Waals surface area contributed by atoms with Gasteiger partial charge in [0.25, 0.3) is 0 Å². The van der Waals surface area contributed by atoms with Gasteiger partial charge in [0.05, 0.1) is 0 Å². The third-order valence-electron chi connectivity index (χ3n) is 4.14. The van der Waals surface area contributed by atoms with E-state index in [4.69, 9.17) is 0 Å². The molecule has 0 aliphatic rings. The molecule has 0 aliphatic carbocycles. The van der Waals surface area contributed by atoms with E-state index in [-0.39, 0.29) is 37.7 Å². The Morgan fingerprint density at radius 1 is 0.455 bits per heavy atom. The van der Waals surface area contributed by atoms with Gasteiger partial charge in [-0.15, -0.1) is 0 Å². The topological polar surface area (TPSA) is 0 Å². The minimum Gasteiger partial charge on any atom is -0.0616 e. The Morgan fingerprint density at radius 3 is 1.36 bits per heavy atom. The molecule has 1 heteroatoms. The second-order valence-corrected chi connectivity index (χ2v) is 5.45. The zero-order valence-corrected chi connectivity index (χ0v) is 11.8. The third kappa shape index (κ3) is 2.92. The van der Waals surface area contributed by atoms with Gasteiger partial charge in [-0.1, -0.05) is 84.9 Å². The number of rotatable bonds is 2. The monoisotopic (exact) mass is 310 g/mol. The molecule has 0 aromatic heterocycles. The molecule has 0 saturated carbocycles. The molecule has 0 radical (unpaired) electrons. The first-order valence-electron chi connectivity index (χ1n) is 7.35. The van der Waals surface area contributed by atoms with E-state index in [9.17, 15) is 0 Å². The van der Waals surface area contributed by atoms with Gasteiger partial charge in [-0.3, -0.25) is 0 Å². The van der Waals surface area contributed by atoms with Crippen LogP contribution in [-0.4, -0.2) is 37.7 Å². The molecule has 0 saturated heterocycles. The van der Waals surface area contributed by atoms with E-state index < -0.39 is 0 Å². The summed E-state index contributed by atoms with van der Waals surface area (Å²) in [7, 11) is 0. The maximum Gasteiger partial charge on any atom is -0.00135 e. The Morgan fingerprint density at radius 2 is 0.864 bits per heavy atom. The molecule has 4 aromatic carbocycles. The molecule has 0 nitrogen and oxygen atoms in total. The standard InChI is InChI=1S/C21H16.Ca.2H/c1-3-13-20-16(7-1)9-5-11-18(20)15-19-12-6-10-17-8-2-4-14-21(17)19;;;/h1-14H,15H2;;;. The van der Waals surface area contributed by atoms with Crippen molar-refractivity contribution in [3.63, 3.8) is 0 Å². The predicted octanol–water partition coefficient (Wildman–Crippen LogP) is 4.67. The Labute approximate surface area is 160 Å². The van der Waals surface area contributed by atoms with Crippen molar-refractivity contribution in [2.24, 2.45) is 0 Å². The minimum atomic E-state index is 0. The van der Waals surface area contributed by atoms with E-state index in [1.54, 1.807) is 0 Å². The van der Waals surface area contributed by atoms with Crippen LogP contribution in [0.2, 0.25) is 0 Å². The first kappa shape index (κ1) is 15.6. The van der Waals surface area contributed by atoms with Crippen LogP contribution in [0.25, 0.3) is 21.5 Å². The van der Waals surface area contributed by atoms with Gasteiger partial charge in [-0.05, 0) is 39.1 Å². The molecule has 0 N–H and O–H groups in total. The molecule has 104 valence electrons. The van der Waals surface area contributed by atoms with Crippen LogP contribution in [0.1, 0.15) is 11.1 Å². The molecule has 4 aromatic rings. The summed E-state index contributed by atoms with van der Waals surface area (Å²) in [5.74, 6) is 0. The second-order valence-electron chi connectivity index (χ2n) is 5.45. The van der Waals surface area contributed by atoms with Gasteiger partial charge in [0, 0.05) is 0 Å². The first-order valence-corrected chi connectivity index (χ1v) is 7.35. The van der Waals surface area contributed by atoms with Crippen molar-refractivity contribution in [2.45, 2.75) is 6.42 Å². The normalized spacial score (nSPS) is 10.5. The minimum absolute atomic E-state index is 0. The van der Waals surface area contributed by atoms with Crippen LogP contribution < -0.4 is 0 Å². The van der Waals surface area contributed by atoms with E-state index in [2.05, 4.69) is 84.9 Å². The first-order chi connectivity index (χ1) is 10.4. The average molecular weight is 310 g/mol. The second kappa shape index (κ2) is 6.83. The summed E-state index contributed by atoms with van der Waals surface area (Å²) in [5.41, 5.74) is 2.79. The molecule has 4 rings (SSSR count). The van der Waals surface area contributed by atoms with Gasteiger partial charge >= 0.3 is 37.7 Å². The molecule has 0 aliphatic heterocycles. The fourth-order valence-electron chi connectivity index (χ4n) is 3.10. The summed E-state index contributed by atoms with van der Waals surface area (Å²) < 4.78 is 0. The third-order valence-corrected chi connectivity index (χ3v) is 4.14. The molecule has 0 amide bonds. The van der Waals surface area contributed by atoms with E-state index in [0.717, 1.165) is 6.42 Å². The fraction of sp³-hybridized carbons (Fsp3) is 0.0476. The van der Waals surface area contributed by atoms with Crippen LogP contribution in [0.15, 0.2) is 84.9 Å². The van der Waals surface area contributed by atoms with Crippen molar-refractivity contribution in [3.05, 3.63) is 96.1 Å². The Kier molecular flexibility index (Phi) is 4.83. The van der Waals surface area contributed by atoms with Gasteiger partial charge in [0.1, 0.15) is 0 Å². The van der Waals surface area contributed by atoms with Gasteiger partial charge in [0.15, 0.2) is 0 Å². The molecule has 0 heterocycles. The van der Waals surface area contributed by atoms with Crippen LogP contribution in [0.5, 0.6) is 0 Å². The van der Waals surface area contributed by atoms with Gasteiger partial charge < -0.3 is 0 Å². The van der Waals surface area contributed by atoms with Crippen molar-refractivity contribution in [3.8, 4) is 0 Å². The smallest absolute Gasteiger partial charge is 0.00135 e. The molecule has 0 spiro atoms. The number of hydrogen-bond donors (Lipinski definition) is 0. The van der Waals surface area contributed by atoms with Gasteiger partial charge in [-0.25, -0.2) is 0 Å². The van der Waals surface area contributed by atoms with Crippen molar-refractivity contribution >= 4 is 59.3 Å². The average Bonchev–Trinajstić information content (AvgIpc) is 2.56. The summed E-state index contributed by atoms with van der Waals surface area (Å²) in [6.07, 6.45) is 0.975. The molecule has 0 fully saturated rings. The molecule has 0 atom stereocenters. The summed E-state index contributed by atoms with van der Waals surface area (Å²) in [5, 5.41) is 5.34. The molecule has 0 bridgehead atoms. The molecule has 22 heavy (non-hydrogen) atoms. The zero-order valence-electron chi connectivity index (χ0n) is 11.8. The van der Waals surface area contributed by atoms with Crippen LogP contribution in [0.3, 0.4) is 0 Å². The van der Waals surface area contributed by atoms with Gasteiger partial charge in [-0.2, -0.15) is 0 Å². The summed E-state index contributed by atoms with van der Waals surface area (Å²) in [4.78, 5) is 0. The SMILES string of the molecule is [CaH2].c1ccc2c(Cc3cccc4ccccc34)cccc2c1. The van der Waals surface area contributed by atoms with E-state index in [1.807, 2.05) is 0 Å². The summed E-state index contributed by atoms with van der Waals surface area (Å²) in [6, 6.07) is 30.4. The van der Waals surface area contributed by atoms with Crippen molar-refractivity contribution in [1.82, 2.24) is 0 Å². The zero-order chi connectivity index (χ0) is 14.1. The maximum absolute atomic E-state index is 2.24. The summed E-state index contributed by atoms with van der Waals surface area (Å²) in [6.45, 7) is 0. The number of benzene rings is 4. The number of hydrogen-bond acceptors (Lipinski definition) is 0. The largest absolute Gasteiger partial charge is 0.0616 e. The molecule has 0 unspecified atom stereocenters. The van der Waals surface area contributed by atoms with Crippen molar-refractivity contribution in [1.29, 1.82) is 0 Å². The van der Waals surface area contributed by atoms with E-state index in [0.29, 0.717) is 0 Å². The number of fused-ring (bicyclic) bond motifs is 2. The Hall–Kier alpha value is -1.34. The fourth-order valence-corrected chi connectivity index (χ4v) is 3.10. The van der Waals surface area contributed by atoms with Crippen molar-refractivity contribution < 1.29 is 0 Å². The summed E-state index contributed by atoms with van der Waals surface area (Å²) >= 11 is 0. The Bertz CT molecular complexity index is 837. The Balaban J connectivity index is 0.00000144. The van der Waals surface area contributed by atoms with Crippen LogP contribution >= 0.6 is 0 Å².